The molecular formula is C21H30N4. The molecule has 0 aromatic heterocycles. The third-order valence-corrected chi connectivity index (χ3v) is 4.25. The maximum Gasteiger partial charge on any atom is 0.191 e. The zero-order valence-corrected chi connectivity index (χ0v) is 15.8. The molecule has 0 bridgehead atoms. The summed E-state index contributed by atoms with van der Waals surface area (Å²) in [6, 6.07) is 17.3. The second-order valence-electron chi connectivity index (χ2n) is 6.42. The van der Waals surface area contributed by atoms with Crippen LogP contribution in [0.4, 0.5) is 0 Å². The van der Waals surface area contributed by atoms with Crippen LogP contribution in [0.3, 0.4) is 0 Å². The van der Waals surface area contributed by atoms with Crippen molar-refractivity contribution in [2.45, 2.75) is 33.5 Å². The average molecular weight is 338 g/mol. The molecule has 0 amide bonds. The summed E-state index contributed by atoms with van der Waals surface area (Å²) < 4.78 is 0. The minimum atomic E-state index is 0.761. The number of benzene rings is 2. The van der Waals surface area contributed by atoms with E-state index in [0.717, 1.165) is 32.1 Å². The van der Waals surface area contributed by atoms with Crippen LogP contribution in [0, 0.1) is 6.92 Å². The van der Waals surface area contributed by atoms with Crippen molar-refractivity contribution >= 4 is 5.96 Å². The van der Waals surface area contributed by atoms with Gasteiger partial charge in [-0.2, -0.15) is 0 Å². The Balaban J connectivity index is 1.86. The van der Waals surface area contributed by atoms with Gasteiger partial charge in [0.1, 0.15) is 0 Å². The molecule has 0 unspecified atom stereocenters. The number of aryl methyl sites for hydroxylation is 1. The molecule has 25 heavy (non-hydrogen) atoms. The summed E-state index contributed by atoms with van der Waals surface area (Å²) in [4.78, 5) is 6.61. The van der Waals surface area contributed by atoms with E-state index in [2.05, 4.69) is 90.0 Å². The highest BCUT2D eigenvalue weighted by atomic mass is 15.2. The van der Waals surface area contributed by atoms with Crippen LogP contribution in [0.2, 0.25) is 0 Å². The quantitative estimate of drug-likeness (QED) is 0.601. The van der Waals surface area contributed by atoms with Crippen molar-refractivity contribution in [1.29, 1.82) is 0 Å². The van der Waals surface area contributed by atoms with Gasteiger partial charge in [0.15, 0.2) is 5.96 Å². The number of nitrogens with one attached hydrogen (secondary N) is 2. The standard InChI is InChI=1S/C21H30N4/c1-5-25(4)16-20-8-6-7-19(13-20)15-24-21(22-3)23-14-18-11-9-17(2)10-12-18/h6-13H,5,14-16H2,1-4H3,(H2,22,23,24). The summed E-state index contributed by atoms with van der Waals surface area (Å²) in [7, 11) is 3.94. The van der Waals surface area contributed by atoms with E-state index in [0.29, 0.717) is 0 Å². The predicted octanol–water partition coefficient (Wildman–Crippen LogP) is 3.31. The predicted molar refractivity (Wildman–Crippen MR) is 107 cm³/mol. The monoisotopic (exact) mass is 338 g/mol. The summed E-state index contributed by atoms with van der Waals surface area (Å²) >= 11 is 0. The molecule has 2 N–H and O–H groups in total. The fraction of sp³-hybridized carbons (Fsp3) is 0.381. The van der Waals surface area contributed by atoms with Crippen LogP contribution in [0.5, 0.6) is 0 Å². The van der Waals surface area contributed by atoms with Crippen molar-refractivity contribution < 1.29 is 0 Å². The van der Waals surface area contributed by atoms with Gasteiger partial charge in [0, 0.05) is 26.7 Å². The maximum atomic E-state index is 4.31. The molecule has 0 saturated carbocycles. The van der Waals surface area contributed by atoms with E-state index in [4.69, 9.17) is 0 Å². The summed E-state index contributed by atoms with van der Waals surface area (Å²) in [5, 5.41) is 6.75. The molecule has 0 aliphatic carbocycles. The third-order valence-electron chi connectivity index (χ3n) is 4.25. The summed E-state index contributed by atoms with van der Waals surface area (Å²) in [5.74, 6) is 0.816. The lowest BCUT2D eigenvalue weighted by molar-refractivity contribution is 0.345. The molecule has 0 heterocycles. The fourth-order valence-electron chi connectivity index (χ4n) is 2.56. The Kier molecular flexibility index (Phi) is 7.48. The van der Waals surface area contributed by atoms with Gasteiger partial charge in [-0.1, -0.05) is 61.0 Å². The van der Waals surface area contributed by atoms with Crippen molar-refractivity contribution in [3.8, 4) is 0 Å². The topological polar surface area (TPSA) is 39.7 Å². The molecule has 2 aromatic rings. The van der Waals surface area contributed by atoms with Crippen LogP contribution in [-0.2, 0) is 19.6 Å². The smallest absolute Gasteiger partial charge is 0.191 e. The molecule has 2 aromatic carbocycles. The summed E-state index contributed by atoms with van der Waals surface area (Å²) in [6.07, 6.45) is 0. The molecule has 4 nitrogen and oxygen atoms in total. The molecule has 0 aliphatic rings. The number of aliphatic imine (C=N–C) groups is 1. The first-order chi connectivity index (χ1) is 12.1. The molecule has 0 saturated heterocycles. The molecule has 0 atom stereocenters. The first kappa shape index (κ1) is 19.0. The normalized spacial score (nSPS) is 11.6. The zero-order valence-electron chi connectivity index (χ0n) is 15.8. The number of nitrogens with zero attached hydrogens (tertiary/aromatic N) is 2. The molecule has 4 heteroatoms. The van der Waals surface area contributed by atoms with Crippen molar-refractivity contribution in [3.05, 3.63) is 70.8 Å². The number of guanidine groups is 1. The van der Waals surface area contributed by atoms with E-state index in [-0.39, 0.29) is 0 Å². The van der Waals surface area contributed by atoms with Gasteiger partial charge in [-0.05, 0) is 37.2 Å². The largest absolute Gasteiger partial charge is 0.352 e. The average Bonchev–Trinajstić information content (AvgIpc) is 2.63. The summed E-state index contributed by atoms with van der Waals surface area (Å²) in [5.41, 5.74) is 5.13. The van der Waals surface area contributed by atoms with Gasteiger partial charge in [0.2, 0.25) is 0 Å². The minimum Gasteiger partial charge on any atom is -0.352 e. The molecule has 0 radical (unpaired) electrons. The number of hydrogen-bond acceptors (Lipinski definition) is 2. The number of hydrogen-bond donors (Lipinski definition) is 2. The highest BCUT2D eigenvalue weighted by Gasteiger charge is 2.02. The van der Waals surface area contributed by atoms with Gasteiger partial charge in [-0.25, -0.2) is 0 Å². The maximum absolute atomic E-state index is 4.31. The zero-order chi connectivity index (χ0) is 18.1. The molecule has 134 valence electrons. The Morgan fingerprint density at radius 3 is 2.24 bits per heavy atom. The van der Waals surface area contributed by atoms with Crippen LogP contribution in [0.15, 0.2) is 53.5 Å². The highest BCUT2D eigenvalue weighted by Crippen LogP contribution is 2.07. The van der Waals surface area contributed by atoms with Gasteiger partial charge in [-0.3, -0.25) is 4.99 Å². The SMILES string of the molecule is CCN(C)Cc1cccc(CNC(=NC)NCc2ccc(C)cc2)c1. The Labute approximate surface area is 152 Å². The van der Waals surface area contributed by atoms with Crippen molar-refractivity contribution in [2.24, 2.45) is 4.99 Å². The van der Waals surface area contributed by atoms with Gasteiger partial charge in [0.05, 0.1) is 0 Å². The molecule has 2 rings (SSSR count). The first-order valence-corrected chi connectivity index (χ1v) is 8.87. The van der Waals surface area contributed by atoms with Gasteiger partial charge in [0.25, 0.3) is 0 Å². The van der Waals surface area contributed by atoms with Gasteiger partial charge in [-0.15, -0.1) is 0 Å². The third kappa shape index (κ3) is 6.59. The van der Waals surface area contributed by atoms with Crippen LogP contribution < -0.4 is 10.6 Å². The van der Waals surface area contributed by atoms with Gasteiger partial charge < -0.3 is 15.5 Å². The Bertz CT molecular complexity index is 677. The molecule has 0 aliphatic heterocycles. The molecular weight excluding hydrogens is 308 g/mol. The Hall–Kier alpha value is -2.33. The van der Waals surface area contributed by atoms with Gasteiger partial charge >= 0.3 is 0 Å². The van der Waals surface area contributed by atoms with Crippen LogP contribution in [0.25, 0.3) is 0 Å². The van der Waals surface area contributed by atoms with Crippen LogP contribution in [0.1, 0.15) is 29.2 Å². The van der Waals surface area contributed by atoms with E-state index in [1.54, 1.807) is 7.05 Å². The van der Waals surface area contributed by atoms with E-state index in [9.17, 15) is 0 Å². The van der Waals surface area contributed by atoms with Crippen LogP contribution in [-0.4, -0.2) is 31.5 Å². The molecule has 0 fully saturated rings. The second kappa shape index (κ2) is 9.84. The molecule has 0 spiro atoms. The Morgan fingerprint density at radius 2 is 1.60 bits per heavy atom. The summed E-state index contributed by atoms with van der Waals surface area (Å²) in [6.45, 7) is 7.83. The van der Waals surface area contributed by atoms with E-state index in [1.807, 2.05) is 0 Å². The second-order valence-corrected chi connectivity index (χ2v) is 6.42. The minimum absolute atomic E-state index is 0.761. The Morgan fingerprint density at radius 1 is 0.960 bits per heavy atom. The highest BCUT2D eigenvalue weighted by molar-refractivity contribution is 5.79. The van der Waals surface area contributed by atoms with Crippen molar-refractivity contribution in [2.75, 3.05) is 20.6 Å². The van der Waals surface area contributed by atoms with Crippen molar-refractivity contribution in [3.63, 3.8) is 0 Å². The van der Waals surface area contributed by atoms with Crippen LogP contribution >= 0.6 is 0 Å². The first-order valence-electron chi connectivity index (χ1n) is 8.87. The lowest BCUT2D eigenvalue weighted by Crippen LogP contribution is -2.36. The lowest BCUT2D eigenvalue weighted by atomic mass is 10.1. The van der Waals surface area contributed by atoms with E-state index >= 15 is 0 Å². The fourth-order valence-corrected chi connectivity index (χ4v) is 2.56. The van der Waals surface area contributed by atoms with E-state index in [1.165, 1.54) is 22.3 Å². The lowest BCUT2D eigenvalue weighted by Gasteiger charge is -2.15. The number of rotatable bonds is 7. The van der Waals surface area contributed by atoms with E-state index < -0.39 is 0 Å². The van der Waals surface area contributed by atoms with Crippen molar-refractivity contribution in [1.82, 2.24) is 15.5 Å².